The van der Waals surface area contributed by atoms with E-state index in [0.717, 1.165) is 5.56 Å². The maximum absolute atomic E-state index is 13.7. The van der Waals surface area contributed by atoms with E-state index in [1.807, 2.05) is 12.1 Å². The normalized spacial score (nSPS) is 10.4. The summed E-state index contributed by atoms with van der Waals surface area (Å²) in [6.07, 6.45) is 1.04. The minimum absolute atomic E-state index is 0.0373. The number of halogens is 2. The van der Waals surface area contributed by atoms with Gasteiger partial charge in [0.15, 0.2) is 0 Å². The van der Waals surface area contributed by atoms with Crippen LogP contribution in [0.15, 0.2) is 48.5 Å². The third-order valence-electron chi connectivity index (χ3n) is 4.04. The van der Waals surface area contributed by atoms with Gasteiger partial charge in [-0.15, -0.1) is 0 Å². The molecule has 0 aromatic heterocycles. The van der Waals surface area contributed by atoms with E-state index in [2.05, 4.69) is 5.32 Å². The van der Waals surface area contributed by atoms with Crippen LogP contribution in [0.5, 0.6) is 0 Å². The maximum atomic E-state index is 13.7. The number of rotatable bonds is 8. The zero-order valence-corrected chi connectivity index (χ0v) is 15.4. The second kappa shape index (κ2) is 9.92. The molecule has 0 bridgehead atoms. The zero-order chi connectivity index (χ0) is 18.9. The Morgan fingerprint density at radius 2 is 1.77 bits per heavy atom. The molecule has 2 rings (SSSR count). The van der Waals surface area contributed by atoms with E-state index in [9.17, 15) is 14.0 Å². The Morgan fingerprint density at radius 3 is 2.42 bits per heavy atom. The SMILES string of the molecule is CC(=O)N(CCc1ccccc1F)CC(=O)NCCc1ccc(Cl)cc1. The summed E-state index contributed by atoms with van der Waals surface area (Å²) in [5, 5.41) is 3.47. The smallest absolute Gasteiger partial charge is 0.239 e. The molecular formula is C20H22ClFN2O2. The quantitative estimate of drug-likeness (QED) is 0.769. The van der Waals surface area contributed by atoms with Crippen molar-refractivity contribution >= 4 is 23.4 Å². The summed E-state index contributed by atoms with van der Waals surface area (Å²) in [6.45, 7) is 2.13. The molecule has 0 saturated heterocycles. The van der Waals surface area contributed by atoms with Crippen molar-refractivity contribution in [3.05, 3.63) is 70.5 Å². The highest BCUT2D eigenvalue weighted by Crippen LogP contribution is 2.10. The molecule has 0 aliphatic heterocycles. The molecule has 0 saturated carbocycles. The number of carbonyl (C=O) groups excluding carboxylic acids is 2. The van der Waals surface area contributed by atoms with Crippen molar-refractivity contribution in [2.75, 3.05) is 19.6 Å². The average molecular weight is 377 g/mol. The Morgan fingerprint density at radius 1 is 1.08 bits per heavy atom. The van der Waals surface area contributed by atoms with Crippen LogP contribution in [0.25, 0.3) is 0 Å². The lowest BCUT2D eigenvalue weighted by Crippen LogP contribution is -2.41. The van der Waals surface area contributed by atoms with Crippen LogP contribution >= 0.6 is 11.6 Å². The molecule has 2 amide bonds. The molecule has 0 unspecified atom stereocenters. The lowest BCUT2D eigenvalue weighted by molar-refractivity contribution is -0.134. The van der Waals surface area contributed by atoms with Crippen molar-refractivity contribution in [3.8, 4) is 0 Å². The minimum atomic E-state index is -0.302. The van der Waals surface area contributed by atoms with Crippen molar-refractivity contribution in [2.45, 2.75) is 19.8 Å². The second-order valence-electron chi connectivity index (χ2n) is 6.01. The van der Waals surface area contributed by atoms with Gasteiger partial charge in [0.05, 0.1) is 6.54 Å². The van der Waals surface area contributed by atoms with Crippen LogP contribution in [0, 0.1) is 5.82 Å². The van der Waals surface area contributed by atoms with Gasteiger partial charge in [-0.1, -0.05) is 41.9 Å². The second-order valence-corrected chi connectivity index (χ2v) is 6.44. The molecule has 26 heavy (non-hydrogen) atoms. The Hall–Kier alpha value is -2.40. The Balaban J connectivity index is 1.79. The number of nitrogens with zero attached hydrogens (tertiary/aromatic N) is 1. The molecule has 138 valence electrons. The fourth-order valence-corrected chi connectivity index (χ4v) is 2.66. The number of amides is 2. The van der Waals surface area contributed by atoms with Crippen molar-refractivity contribution in [1.29, 1.82) is 0 Å². The van der Waals surface area contributed by atoms with Gasteiger partial charge in [-0.3, -0.25) is 9.59 Å². The molecule has 0 atom stereocenters. The summed E-state index contributed by atoms with van der Waals surface area (Å²) in [7, 11) is 0. The van der Waals surface area contributed by atoms with Crippen LogP contribution in [-0.4, -0.2) is 36.3 Å². The Bertz CT molecular complexity index is 750. The molecule has 0 aliphatic carbocycles. The van der Waals surface area contributed by atoms with E-state index in [1.165, 1.54) is 17.9 Å². The van der Waals surface area contributed by atoms with E-state index < -0.39 is 0 Å². The molecule has 2 aromatic carbocycles. The molecular weight excluding hydrogens is 355 g/mol. The van der Waals surface area contributed by atoms with Crippen molar-refractivity contribution < 1.29 is 14.0 Å². The lowest BCUT2D eigenvalue weighted by atomic mass is 10.1. The highest BCUT2D eigenvalue weighted by atomic mass is 35.5. The summed E-state index contributed by atoms with van der Waals surface area (Å²) < 4.78 is 13.7. The first kappa shape index (κ1) is 19.9. The zero-order valence-electron chi connectivity index (χ0n) is 14.7. The van der Waals surface area contributed by atoms with Crippen LogP contribution in [0.3, 0.4) is 0 Å². The summed E-state index contributed by atoms with van der Waals surface area (Å²) in [6, 6.07) is 13.9. The number of hydrogen-bond acceptors (Lipinski definition) is 2. The van der Waals surface area contributed by atoms with Gasteiger partial charge in [0.25, 0.3) is 0 Å². The summed E-state index contributed by atoms with van der Waals surface area (Å²) in [5.41, 5.74) is 1.60. The summed E-state index contributed by atoms with van der Waals surface area (Å²) in [5.74, 6) is -0.750. The monoisotopic (exact) mass is 376 g/mol. The maximum Gasteiger partial charge on any atom is 0.239 e. The van der Waals surface area contributed by atoms with E-state index in [1.54, 1.807) is 30.3 Å². The van der Waals surface area contributed by atoms with Gasteiger partial charge in [-0.2, -0.15) is 0 Å². The summed E-state index contributed by atoms with van der Waals surface area (Å²) >= 11 is 5.84. The average Bonchev–Trinajstić information content (AvgIpc) is 2.61. The first-order valence-electron chi connectivity index (χ1n) is 8.46. The van der Waals surface area contributed by atoms with Gasteiger partial charge in [0, 0.05) is 25.0 Å². The van der Waals surface area contributed by atoms with Gasteiger partial charge < -0.3 is 10.2 Å². The molecule has 6 heteroatoms. The molecule has 2 aromatic rings. The predicted octanol–water partition coefficient (Wildman–Crippen LogP) is 3.23. The lowest BCUT2D eigenvalue weighted by Gasteiger charge is -2.20. The molecule has 0 radical (unpaired) electrons. The van der Waals surface area contributed by atoms with E-state index >= 15 is 0 Å². The number of benzene rings is 2. The Labute approximate surface area is 158 Å². The standard InChI is InChI=1S/C20H22ClFN2O2/c1-15(25)24(13-11-17-4-2-3-5-19(17)22)14-20(26)23-12-10-16-6-8-18(21)9-7-16/h2-9H,10-14H2,1H3,(H,23,26). The molecule has 0 aliphatic rings. The molecule has 0 spiro atoms. The fraction of sp³-hybridized carbons (Fsp3) is 0.300. The van der Waals surface area contributed by atoms with Crippen LogP contribution in [0.4, 0.5) is 4.39 Å². The van der Waals surface area contributed by atoms with Gasteiger partial charge in [0.2, 0.25) is 11.8 Å². The van der Waals surface area contributed by atoms with Crippen LogP contribution in [0.1, 0.15) is 18.1 Å². The minimum Gasteiger partial charge on any atom is -0.354 e. The van der Waals surface area contributed by atoms with Crippen molar-refractivity contribution in [3.63, 3.8) is 0 Å². The topological polar surface area (TPSA) is 49.4 Å². The number of nitrogens with one attached hydrogen (secondary N) is 1. The van der Waals surface area contributed by atoms with E-state index in [4.69, 9.17) is 11.6 Å². The number of hydrogen-bond donors (Lipinski definition) is 1. The molecule has 1 N–H and O–H groups in total. The van der Waals surface area contributed by atoms with Gasteiger partial charge in [-0.05, 0) is 42.2 Å². The van der Waals surface area contributed by atoms with Crippen LogP contribution in [0.2, 0.25) is 5.02 Å². The Kier molecular flexibility index (Phi) is 7.60. The van der Waals surface area contributed by atoms with Gasteiger partial charge in [0.1, 0.15) is 5.82 Å². The van der Waals surface area contributed by atoms with Crippen molar-refractivity contribution in [2.24, 2.45) is 0 Å². The first-order valence-corrected chi connectivity index (χ1v) is 8.83. The molecule has 0 heterocycles. The summed E-state index contributed by atoms with van der Waals surface area (Å²) in [4.78, 5) is 25.3. The van der Waals surface area contributed by atoms with Crippen LogP contribution in [-0.2, 0) is 22.4 Å². The highest BCUT2D eigenvalue weighted by molar-refractivity contribution is 6.30. The largest absolute Gasteiger partial charge is 0.354 e. The fourth-order valence-electron chi connectivity index (χ4n) is 2.53. The predicted molar refractivity (Wildman–Crippen MR) is 101 cm³/mol. The van der Waals surface area contributed by atoms with Crippen molar-refractivity contribution in [1.82, 2.24) is 10.2 Å². The number of carbonyl (C=O) groups is 2. The third kappa shape index (κ3) is 6.48. The van der Waals surface area contributed by atoms with E-state index in [-0.39, 0.29) is 24.2 Å². The van der Waals surface area contributed by atoms with Crippen LogP contribution < -0.4 is 5.32 Å². The van der Waals surface area contributed by atoms with E-state index in [0.29, 0.717) is 36.5 Å². The van der Waals surface area contributed by atoms with Gasteiger partial charge in [-0.25, -0.2) is 4.39 Å². The van der Waals surface area contributed by atoms with Gasteiger partial charge >= 0.3 is 0 Å². The molecule has 4 nitrogen and oxygen atoms in total. The first-order chi connectivity index (χ1) is 12.5. The third-order valence-corrected chi connectivity index (χ3v) is 4.29. The highest BCUT2D eigenvalue weighted by Gasteiger charge is 2.14. The molecule has 0 fully saturated rings.